The molecule has 0 heterocycles. The van der Waals surface area contributed by atoms with Crippen LogP contribution in [0.3, 0.4) is 0 Å². The number of hydrogen-bond acceptors (Lipinski definition) is 2. The highest BCUT2D eigenvalue weighted by molar-refractivity contribution is 7.57. The Balaban J connectivity index is 0. The molecule has 100 valence electrons. The molecule has 0 saturated carbocycles. The Labute approximate surface area is 109 Å². The van der Waals surface area contributed by atoms with Crippen molar-refractivity contribution >= 4 is 27.4 Å². The Kier molecular flexibility index (Phi) is 13.0. The van der Waals surface area contributed by atoms with Crippen LogP contribution in [0.1, 0.15) is 27.2 Å². The van der Waals surface area contributed by atoms with Gasteiger partial charge in [-0.2, -0.15) is 0 Å². The van der Waals surface area contributed by atoms with Crippen molar-refractivity contribution in [3.05, 3.63) is 0 Å². The lowest BCUT2D eigenvalue weighted by atomic mass is 10.6. The summed E-state index contributed by atoms with van der Waals surface area (Å²) in [6.07, 6.45) is 5.41. The summed E-state index contributed by atoms with van der Waals surface area (Å²) in [6, 6.07) is 2.23. The van der Waals surface area contributed by atoms with Gasteiger partial charge in [-0.15, -0.1) is 7.92 Å². The standard InChI is InChI=1S/C11H27O2PSi.H4Si/c1-6-14(7-2)10-9-11-15(8-3,12-4)13-5;/h6-11H2,1-5H3;1H4. The zero-order chi connectivity index (χ0) is 11.7. The summed E-state index contributed by atoms with van der Waals surface area (Å²) >= 11 is 0. The third-order valence-electron chi connectivity index (χ3n) is 3.21. The second kappa shape index (κ2) is 10.9. The molecule has 0 aromatic rings. The van der Waals surface area contributed by atoms with E-state index in [9.17, 15) is 0 Å². The lowest BCUT2D eigenvalue weighted by molar-refractivity contribution is 0.242. The molecular weight excluding hydrogens is 251 g/mol. The first-order valence-electron chi connectivity index (χ1n) is 6.00. The van der Waals surface area contributed by atoms with Gasteiger partial charge in [0.05, 0.1) is 0 Å². The second-order valence-corrected chi connectivity index (χ2v) is 10.7. The van der Waals surface area contributed by atoms with Crippen LogP contribution in [0.25, 0.3) is 0 Å². The van der Waals surface area contributed by atoms with Crippen molar-refractivity contribution in [3.8, 4) is 0 Å². The first-order valence-corrected chi connectivity index (χ1v) is 10.1. The van der Waals surface area contributed by atoms with Crippen LogP contribution in [-0.4, -0.2) is 52.2 Å². The molecule has 0 spiro atoms. The molecule has 0 bridgehead atoms. The first kappa shape index (κ1) is 19.1. The van der Waals surface area contributed by atoms with E-state index in [1.807, 2.05) is 14.2 Å². The molecule has 0 rings (SSSR count). The van der Waals surface area contributed by atoms with Crippen LogP contribution in [-0.2, 0) is 8.85 Å². The van der Waals surface area contributed by atoms with Crippen LogP contribution in [0.2, 0.25) is 12.1 Å². The predicted octanol–water partition coefficient (Wildman–Crippen LogP) is 2.20. The topological polar surface area (TPSA) is 18.5 Å². The maximum absolute atomic E-state index is 5.61. The van der Waals surface area contributed by atoms with Crippen molar-refractivity contribution in [1.29, 1.82) is 0 Å². The molecule has 0 fully saturated rings. The maximum atomic E-state index is 5.61. The van der Waals surface area contributed by atoms with E-state index in [1.165, 1.54) is 24.9 Å². The molecule has 0 aromatic carbocycles. The number of hydrogen-bond donors (Lipinski definition) is 0. The van der Waals surface area contributed by atoms with Crippen LogP contribution < -0.4 is 0 Å². The van der Waals surface area contributed by atoms with Gasteiger partial charge >= 0.3 is 8.56 Å². The molecule has 0 aliphatic rings. The average Bonchev–Trinajstić information content (AvgIpc) is 2.31. The quantitative estimate of drug-likeness (QED) is 0.477. The van der Waals surface area contributed by atoms with E-state index in [0.717, 1.165) is 12.1 Å². The molecule has 0 N–H and O–H groups in total. The second-order valence-electron chi connectivity index (χ2n) is 3.80. The van der Waals surface area contributed by atoms with Gasteiger partial charge < -0.3 is 8.85 Å². The lowest BCUT2D eigenvalue weighted by Gasteiger charge is -2.26. The Hall–Kier alpha value is 0.784. The minimum atomic E-state index is -1.80. The van der Waals surface area contributed by atoms with Crippen molar-refractivity contribution < 1.29 is 8.85 Å². The van der Waals surface area contributed by atoms with Crippen molar-refractivity contribution in [2.24, 2.45) is 0 Å². The SMILES string of the molecule is CCP(CC)CCC[Si](CC)(OC)OC.[SiH4]. The molecular formula is C11H31O2PSi2. The summed E-state index contributed by atoms with van der Waals surface area (Å²) in [4.78, 5) is 0. The van der Waals surface area contributed by atoms with Crippen molar-refractivity contribution in [2.75, 3.05) is 32.7 Å². The van der Waals surface area contributed by atoms with Gasteiger partial charge in [-0.05, 0) is 48.0 Å². The summed E-state index contributed by atoms with van der Waals surface area (Å²) in [7, 11) is 2.10. The highest BCUT2D eigenvalue weighted by atomic mass is 31.1. The van der Waals surface area contributed by atoms with Crippen LogP contribution in [0.15, 0.2) is 0 Å². The number of rotatable bonds is 9. The van der Waals surface area contributed by atoms with Crippen LogP contribution >= 0.6 is 7.92 Å². The van der Waals surface area contributed by atoms with E-state index in [-0.39, 0.29) is 18.9 Å². The zero-order valence-electron chi connectivity index (χ0n) is 11.0. The van der Waals surface area contributed by atoms with Crippen LogP contribution in [0.5, 0.6) is 0 Å². The van der Waals surface area contributed by atoms with Crippen molar-refractivity contribution in [2.45, 2.75) is 39.3 Å². The molecule has 0 unspecified atom stereocenters. The third kappa shape index (κ3) is 6.50. The molecule has 0 aromatic heterocycles. The summed E-state index contributed by atoms with van der Waals surface area (Å²) in [5.41, 5.74) is 0. The average molecular weight is 283 g/mol. The molecule has 5 heteroatoms. The molecule has 0 radical (unpaired) electrons. The predicted molar refractivity (Wildman–Crippen MR) is 83.9 cm³/mol. The highest BCUT2D eigenvalue weighted by Crippen LogP contribution is 2.36. The normalized spacial score (nSPS) is 11.6. The smallest absolute Gasteiger partial charge is 0.337 e. The maximum Gasteiger partial charge on any atom is 0.337 e. The van der Waals surface area contributed by atoms with Gasteiger partial charge in [-0.3, -0.25) is 0 Å². The minimum Gasteiger partial charge on any atom is -0.398 e. The van der Waals surface area contributed by atoms with Crippen molar-refractivity contribution in [3.63, 3.8) is 0 Å². The van der Waals surface area contributed by atoms with Gasteiger partial charge in [-0.1, -0.05) is 20.8 Å². The van der Waals surface area contributed by atoms with Crippen LogP contribution in [0.4, 0.5) is 0 Å². The monoisotopic (exact) mass is 282 g/mol. The highest BCUT2D eigenvalue weighted by Gasteiger charge is 2.32. The Bertz CT molecular complexity index is 143. The van der Waals surface area contributed by atoms with E-state index in [1.54, 1.807) is 0 Å². The Morgan fingerprint density at radius 2 is 1.50 bits per heavy atom. The zero-order valence-corrected chi connectivity index (χ0v) is 12.9. The molecule has 0 aliphatic heterocycles. The van der Waals surface area contributed by atoms with Gasteiger partial charge in [0.15, 0.2) is 0 Å². The lowest BCUT2D eigenvalue weighted by Crippen LogP contribution is -2.39. The Morgan fingerprint density at radius 1 is 1.00 bits per heavy atom. The van der Waals surface area contributed by atoms with Gasteiger partial charge in [0, 0.05) is 14.2 Å². The fourth-order valence-corrected chi connectivity index (χ4v) is 6.07. The molecule has 0 atom stereocenters. The summed E-state index contributed by atoms with van der Waals surface area (Å²) in [5, 5.41) is 0. The third-order valence-corrected chi connectivity index (χ3v) is 9.63. The molecule has 0 saturated heterocycles. The first-order chi connectivity index (χ1) is 7.17. The van der Waals surface area contributed by atoms with E-state index < -0.39 is 8.56 Å². The Morgan fingerprint density at radius 3 is 1.81 bits per heavy atom. The fourth-order valence-electron chi connectivity index (χ4n) is 1.86. The van der Waals surface area contributed by atoms with Gasteiger partial charge in [0.2, 0.25) is 0 Å². The largest absolute Gasteiger partial charge is 0.398 e. The fraction of sp³-hybridized carbons (Fsp3) is 1.00. The molecule has 16 heavy (non-hydrogen) atoms. The molecule has 0 amide bonds. The minimum absolute atomic E-state index is 0. The van der Waals surface area contributed by atoms with E-state index in [0.29, 0.717) is 0 Å². The summed E-state index contributed by atoms with van der Waals surface area (Å²) < 4.78 is 11.2. The summed E-state index contributed by atoms with van der Waals surface area (Å²) in [5.74, 6) is 0. The molecule has 2 nitrogen and oxygen atoms in total. The van der Waals surface area contributed by atoms with Crippen molar-refractivity contribution in [1.82, 2.24) is 0 Å². The van der Waals surface area contributed by atoms with E-state index in [4.69, 9.17) is 8.85 Å². The van der Waals surface area contributed by atoms with Crippen LogP contribution in [0, 0.1) is 0 Å². The van der Waals surface area contributed by atoms with Gasteiger partial charge in [-0.25, -0.2) is 0 Å². The van der Waals surface area contributed by atoms with E-state index >= 15 is 0 Å². The van der Waals surface area contributed by atoms with Gasteiger partial charge in [0.25, 0.3) is 0 Å². The molecule has 0 aliphatic carbocycles. The summed E-state index contributed by atoms with van der Waals surface area (Å²) in [6.45, 7) is 6.81. The van der Waals surface area contributed by atoms with E-state index in [2.05, 4.69) is 20.8 Å². The van der Waals surface area contributed by atoms with Gasteiger partial charge in [0.1, 0.15) is 0 Å².